The maximum atomic E-state index is 11.6. The van der Waals surface area contributed by atoms with Gasteiger partial charge in [0.1, 0.15) is 0 Å². The van der Waals surface area contributed by atoms with Gasteiger partial charge in [-0.25, -0.2) is 0 Å². The summed E-state index contributed by atoms with van der Waals surface area (Å²) in [6.45, 7) is 4.61. The predicted octanol–water partition coefficient (Wildman–Crippen LogP) is 1.11. The number of hydrogen-bond donors (Lipinski definition) is 1. The molecule has 3 nitrogen and oxygen atoms in total. The molecule has 0 saturated carbocycles. The summed E-state index contributed by atoms with van der Waals surface area (Å²) in [4.78, 5) is 13.5. The third-order valence-electron chi connectivity index (χ3n) is 2.19. The lowest BCUT2D eigenvalue weighted by Gasteiger charge is -2.30. The third-order valence-corrected chi connectivity index (χ3v) is 3.32. The molecule has 1 rings (SSSR count). The summed E-state index contributed by atoms with van der Waals surface area (Å²) in [5.74, 6) is 1.35. The molecular formula is C9H19ClN2OS. The molecule has 1 atom stereocenters. The number of amides is 1. The Balaban J connectivity index is 0.00000169. The Bertz CT molecular complexity index is 180. The fourth-order valence-electron chi connectivity index (χ4n) is 1.46. The Labute approximate surface area is 96.2 Å². The van der Waals surface area contributed by atoms with Crippen LogP contribution in [0.25, 0.3) is 0 Å². The third kappa shape index (κ3) is 4.53. The van der Waals surface area contributed by atoms with Gasteiger partial charge in [0.15, 0.2) is 0 Å². The topological polar surface area (TPSA) is 46.3 Å². The molecule has 1 fully saturated rings. The van der Waals surface area contributed by atoms with Crippen LogP contribution in [0.2, 0.25) is 0 Å². The average Bonchev–Trinajstić information content (AvgIpc) is 2.14. The first-order valence-electron chi connectivity index (χ1n) is 4.83. The highest BCUT2D eigenvalue weighted by Gasteiger charge is 2.20. The van der Waals surface area contributed by atoms with Gasteiger partial charge in [0.2, 0.25) is 5.91 Å². The first kappa shape index (κ1) is 14.1. The normalized spacial score (nSPS) is 21.6. The molecule has 1 aliphatic rings. The van der Waals surface area contributed by atoms with Crippen LogP contribution in [0.5, 0.6) is 0 Å². The smallest absolute Gasteiger partial charge is 0.222 e. The van der Waals surface area contributed by atoms with Gasteiger partial charge >= 0.3 is 0 Å². The number of hydrogen-bond acceptors (Lipinski definition) is 3. The van der Waals surface area contributed by atoms with Crippen LogP contribution in [0.1, 0.15) is 19.8 Å². The second-order valence-corrected chi connectivity index (χ2v) is 4.96. The van der Waals surface area contributed by atoms with Crippen LogP contribution >= 0.6 is 24.2 Å². The monoisotopic (exact) mass is 238 g/mol. The summed E-state index contributed by atoms with van der Waals surface area (Å²) in [5.41, 5.74) is 5.36. The van der Waals surface area contributed by atoms with E-state index in [0.717, 1.165) is 25.3 Å². The van der Waals surface area contributed by atoms with Gasteiger partial charge < -0.3 is 10.6 Å². The van der Waals surface area contributed by atoms with Crippen molar-refractivity contribution in [3.05, 3.63) is 0 Å². The fourth-order valence-corrected chi connectivity index (χ4v) is 2.47. The molecule has 0 aromatic rings. The van der Waals surface area contributed by atoms with Gasteiger partial charge in [0.25, 0.3) is 0 Å². The lowest BCUT2D eigenvalue weighted by molar-refractivity contribution is -0.131. The molecule has 14 heavy (non-hydrogen) atoms. The van der Waals surface area contributed by atoms with Crippen molar-refractivity contribution in [1.29, 1.82) is 0 Å². The van der Waals surface area contributed by atoms with Crippen molar-refractivity contribution in [2.75, 3.05) is 25.4 Å². The number of carbonyl (C=O) groups excluding carboxylic acids is 1. The Morgan fingerprint density at radius 2 is 2.36 bits per heavy atom. The van der Waals surface area contributed by atoms with Gasteiger partial charge in [-0.2, -0.15) is 11.8 Å². The number of carbonyl (C=O) groups is 1. The Kier molecular flexibility index (Phi) is 7.41. The zero-order valence-corrected chi connectivity index (χ0v) is 10.2. The van der Waals surface area contributed by atoms with E-state index in [0.29, 0.717) is 18.2 Å². The van der Waals surface area contributed by atoms with Crippen molar-refractivity contribution in [2.24, 2.45) is 5.73 Å². The van der Waals surface area contributed by atoms with Gasteiger partial charge in [-0.05, 0) is 13.0 Å². The van der Waals surface area contributed by atoms with E-state index in [-0.39, 0.29) is 18.3 Å². The molecule has 0 spiro atoms. The molecule has 1 unspecified atom stereocenters. The quantitative estimate of drug-likeness (QED) is 0.802. The standard InChI is InChI=1S/C9H18N2OS.ClH/c1-8-7-11(5-6-13-8)9(12)3-2-4-10;/h8H,2-7,10H2,1H3;1H. The van der Waals surface area contributed by atoms with E-state index in [1.165, 1.54) is 0 Å². The van der Waals surface area contributed by atoms with Crippen molar-refractivity contribution in [3.63, 3.8) is 0 Å². The molecule has 0 aliphatic carbocycles. The van der Waals surface area contributed by atoms with Crippen molar-refractivity contribution < 1.29 is 4.79 Å². The van der Waals surface area contributed by atoms with Gasteiger partial charge in [-0.1, -0.05) is 6.92 Å². The van der Waals surface area contributed by atoms with Gasteiger partial charge in [-0.3, -0.25) is 4.79 Å². The summed E-state index contributed by atoms with van der Waals surface area (Å²) < 4.78 is 0. The van der Waals surface area contributed by atoms with Crippen molar-refractivity contribution in [2.45, 2.75) is 25.0 Å². The van der Waals surface area contributed by atoms with Crippen LogP contribution in [-0.2, 0) is 4.79 Å². The van der Waals surface area contributed by atoms with E-state index in [1.807, 2.05) is 16.7 Å². The van der Waals surface area contributed by atoms with Crippen molar-refractivity contribution >= 4 is 30.1 Å². The molecule has 2 N–H and O–H groups in total. The number of nitrogens with zero attached hydrogens (tertiary/aromatic N) is 1. The van der Waals surface area contributed by atoms with E-state index in [4.69, 9.17) is 5.73 Å². The van der Waals surface area contributed by atoms with E-state index in [2.05, 4.69) is 6.92 Å². The minimum Gasteiger partial charge on any atom is -0.341 e. The van der Waals surface area contributed by atoms with Crippen LogP contribution in [-0.4, -0.2) is 41.4 Å². The average molecular weight is 239 g/mol. The SMILES string of the molecule is CC1CN(C(=O)CCCN)CCS1.Cl. The van der Waals surface area contributed by atoms with Gasteiger partial charge in [0.05, 0.1) is 0 Å². The second kappa shape index (κ2) is 7.37. The van der Waals surface area contributed by atoms with Gasteiger partial charge in [0, 0.05) is 30.5 Å². The fraction of sp³-hybridized carbons (Fsp3) is 0.889. The summed E-state index contributed by atoms with van der Waals surface area (Å²) in [6, 6.07) is 0. The second-order valence-electron chi connectivity index (χ2n) is 3.41. The number of halogens is 1. The van der Waals surface area contributed by atoms with E-state index in [1.54, 1.807) is 0 Å². The maximum Gasteiger partial charge on any atom is 0.222 e. The molecular weight excluding hydrogens is 220 g/mol. The summed E-state index contributed by atoms with van der Waals surface area (Å²) >= 11 is 1.94. The summed E-state index contributed by atoms with van der Waals surface area (Å²) in [5, 5.41) is 0.593. The molecule has 1 aliphatic heterocycles. The molecule has 0 bridgehead atoms. The van der Waals surface area contributed by atoms with Gasteiger partial charge in [-0.15, -0.1) is 12.4 Å². The lowest BCUT2D eigenvalue weighted by atomic mass is 10.2. The first-order chi connectivity index (χ1) is 6.24. The number of thioether (sulfide) groups is 1. The Morgan fingerprint density at radius 1 is 1.64 bits per heavy atom. The highest BCUT2D eigenvalue weighted by molar-refractivity contribution is 7.99. The zero-order chi connectivity index (χ0) is 9.68. The van der Waals surface area contributed by atoms with Crippen molar-refractivity contribution in [3.8, 4) is 0 Å². The van der Waals surface area contributed by atoms with Crippen LogP contribution in [0, 0.1) is 0 Å². The zero-order valence-electron chi connectivity index (χ0n) is 8.57. The maximum absolute atomic E-state index is 11.6. The minimum absolute atomic E-state index is 0. The predicted molar refractivity (Wildman–Crippen MR) is 64.0 cm³/mol. The highest BCUT2D eigenvalue weighted by Crippen LogP contribution is 2.18. The minimum atomic E-state index is 0. The van der Waals surface area contributed by atoms with Crippen LogP contribution in [0.3, 0.4) is 0 Å². The molecule has 84 valence electrons. The number of rotatable bonds is 3. The molecule has 0 aromatic carbocycles. The number of nitrogens with two attached hydrogens (primary N) is 1. The largest absolute Gasteiger partial charge is 0.341 e. The lowest BCUT2D eigenvalue weighted by Crippen LogP contribution is -2.41. The Hall–Kier alpha value is 0.0700. The highest BCUT2D eigenvalue weighted by atomic mass is 35.5. The van der Waals surface area contributed by atoms with Crippen LogP contribution in [0.4, 0.5) is 0 Å². The molecule has 1 heterocycles. The van der Waals surface area contributed by atoms with Crippen LogP contribution in [0.15, 0.2) is 0 Å². The molecule has 1 amide bonds. The molecule has 0 aromatic heterocycles. The first-order valence-corrected chi connectivity index (χ1v) is 5.88. The Morgan fingerprint density at radius 3 is 2.93 bits per heavy atom. The van der Waals surface area contributed by atoms with E-state index >= 15 is 0 Å². The molecule has 1 saturated heterocycles. The molecule has 0 radical (unpaired) electrons. The summed E-state index contributed by atoms with van der Waals surface area (Å²) in [6.07, 6.45) is 1.44. The molecule has 5 heteroatoms. The van der Waals surface area contributed by atoms with Crippen molar-refractivity contribution in [1.82, 2.24) is 4.90 Å². The van der Waals surface area contributed by atoms with Crippen LogP contribution < -0.4 is 5.73 Å². The summed E-state index contributed by atoms with van der Waals surface area (Å²) in [7, 11) is 0. The van der Waals surface area contributed by atoms with E-state index < -0.39 is 0 Å². The van der Waals surface area contributed by atoms with E-state index in [9.17, 15) is 4.79 Å².